The Hall–Kier alpha value is -2.46. The molecule has 1 N–H and O–H groups in total. The van der Waals surface area contributed by atoms with Gasteiger partial charge >= 0.3 is 6.18 Å². The predicted octanol–water partition coefficient (Wildman–Crippen LogP) is 6.81. The lowest BCUT2D eigenvalue weighted by atomic mass is 10.2. The molecule has 0 unspecified atom stereocenters. The van der Waals surface area contributed by atoms with Gasteiger partial charge in [-0.1, -0.05) is 52.5 Å². The van der Waals surface area contributed by atoms with Gasteiger partial charge in [-0.25, -0.2) is 8.42 Å². The van der Waals surface area contributed by atoms with Crippen molar-refractivity contribution in [2.45, 2.75) is 18.0 Å². The fourth-order valence-electron chi connectivity index (χ4n) is 2.93. The predicted molar refractivity (Wildman–Crippen MR) is 127 cm³/mol. The van der Waals surface area contributed by atoms with Crippen LogP contribution in [0, 0.1) is 6.92 Å². The van der Waals surface area contributed by atoms with Gasteiger partial charge in [-0.2, -0.15) is 13.2 Å². The van der Waals surface area contributed by atoms with Crippen LogP contribution in [-0.4, -0.2) is 20.9 Å². The van der Waals surface area contributed by atoms with Gasteiger partial charge in [-0.05, 0) is 55.5 Å². The first-order valence-corrected chi connectivity index (χ1v) is 12.1. The number of nitrogens with one attached hydrogen (secondary N) is 1. The topological polar surface area (TPSA) is 66.5 Å². The van der Waals surface area contributed by atoms with E-state index in [2.05, 4.69) is 5.32 Å². The average Bonchev–Trinajstić information content (AvgIpc) is 2.75. The summed E-state index contributed by atoms with van der Waals surface area (Å²) in [4.78, 5) is 12.7. The minimum Gasteiger partial charge on any atom is -0.323 e. The zero-order valence-electron chi connectivity index (χ0n) is 17.3. The number of nitrogens with zero attached hydrogens (tertiary/aromatic N) is 1. The van der Waals surface area contributed by atoms with E-state index in [0.29, 0.717) is 6.07 Å². The van der Waals surface area contributed by atoms with Crippen LogP contribution in [0.15, 0.2) is 65.6 Å². The molecule has 0 aliphatic heterocycles. The Morgan fingerprint density at radius 3 is 2.18 bits per heavy atom. The first kappa shape index (κ1) is 26.2. The van der Waals surface area contributed by atoms with Gasteiger partial charge in [-0.3, -0.25) is 9.10 Å². The largest absolute Gasteiger partial charge is 0.416 e. The molecule has 5 nitrogen and oxygen atoms in total. The minimum atomic E-state index is -4.67. The van der Waals surface area contributed by atoms with Crippen molar-refractivity contribution in [3.63, 3.8) is 0 Å². The van der Waals surface area contributed by atoms with Crippen molar-refractivity contribution in [1.29, 1.82) is 0 Å². The molecule has 3 aromatic carbocycles. The molecule has 0 atom stereocenters. The van der Waals surface area contributed by atoms with Crippen LogP contribution in [0.5, 0.6) is 0 Å². The Labute approximate surface area is 209 Å². The van der Waals surface area contributed by atoms with Gasteiger partial charge in [0.1, 0.15) is 6.54 Å². The Morgan fingerprint density at radius 1 is 0.941 bits per heavy atom. The smallest absolute Gasteiger partial charge is 0.323 e. The maximum atomic E-state index is 13.4. The average molecular weight is 552 g/mol. The highest BCUT2D eigenvalue weighted by Gasteiger charge is 2.32. The van der Waals surface area contributed by atoms with Crippen LogP contribution in [0.3, 0.4) is 0 Å². The van der Waals surface area contributed by atoms with Crippen molar-refractivity contribution in [2.75, 3.05) is 16.2 Å². The monoisotopic (exact) mass is 550 g/mol. The number of hydrogen-bond donors (Lipinski definition) is 1. The first-order valence-electron chi connectivity index (χ1n) is 9.50. The van der Waals surface area contributed by atoms with Gasteiger partial charge in [0.2, 0.25) is 5.91 Å². The highest BCUT2D eigenvalue weighted by Crippen LogP contribution is 2.35. The third-order valence-corrected chi connectivity index (χ3v) is 7.30. The number of rotatable bonds is 6. The lowest BCUT2D eigenvalue weighted by molar-refractivity contribution is -0.137. The standard InChI is InChI=1S/C22H16Cl3F3N2O3S/c1-13-2-6-16(7-3-13)34(32,33)30(20-11-15(23)5-9-18(20)25)12-21(31)29-19-10-14(22(26,27)28)4-8-17(19)24/h2-11H,12H2,1H3,(H,29,31). The van der Waals surface area contributed by atoms with Crippen molar-refractivity contribution >= 4 is 62.1 Å². The van der Waals surface area contributed by atoms with Crippen LogP contribution >= 0.6 is 34.8 Å². The van der Waals surface area contributed by atoms with Crippen molar-refractivity contribution in [2.24, 2.45) is 0 Å². The van der Waals surface area contributed by atoms with Crippen molar-refractivity contribution in [3.05, 3.63) is 86.9 Å². The molecule has 0 aliphatic rings. The summed E-state index contributed by atoms with van der Waals surface area (Å²) in [5.74, 6) is -0.951. The van der Waals surface area contributed by atoms with Crippen LogP contribution in [0.4, 0.5) is 24.5 Å². The summed E-state index contributed by atoms with van der Waals surface area (Å²) < 4.78 is 66.7. The SMILES string of the molecule is Cc1ccc(S(=O)(=O)N(CC(=O)Nc2cc(C(F)(F)F)ccc2Cl)c2cc(Cl)ccc2Cl)cc1. The van der Waals surface area contributed by atoms with Crippen molar-refractivity contribution in [3.8, 4) is 0 Å². The summed E-state index contributed by atoms with van der Waals surface area (Å²) in [5.41, 5.74) is -0.635. The number of benzene rings is 3. The van der Waals surface area contributed by atoms with E-state index in [1.54, 1.807) is 19.1 Å². The van der Waals surface area contributed by atoms with Crippen LogP contribution in [0.1, 0.15) is 11.1 Å². The Morgan fingerprint density at radius 2 is 1.56 bits per heavy atom. The molecule has 3 rings (SSSR count). The summed E-state index contributed by atoms with van der Waals surface area (Å²) in [6.07, 6.45) is -4.67. The molecule has 12 heteroatoms. The molecule has 0 aromatic heterocycles. The second-order valence-electron chi connectivity index (χ2n) is 7.16. The summed E-state index contributed by atoms with van der Waals surface area (Å²) in [6.45, 7) is 0.955. The van der Waals surface area contributed by atoms with E-state index in [1.165, 1.54) is 30.3 Å². The van der Waals surface area contributed by atoms with E-state index in [1.807, 2.05) is 0 Å². The lowest BCUT2D eigenvalue weighted by Gasteiger charge is -2.25. The summed E-state index contributed by atoms with van der Waals surface area (Å²) >= 11 is 18.2. The first-order chi connectivity index (χ1) is 15.8. The third-order valence-electron chi connectivity index (χ3n) is 4.64. The summed E-state index contributed by atoms with van der Waals surface area (Å²) in [6, 6.07) is 12.3. The molecular weight excluding hydrogens is 536 g/mol. The minimum absolute atomic E-state index is 0.00927. The maximum absolute atomic E-state index is 13.4. The molecule has 0 fully saturated rings. The number of carbonyl (C=O) groups excluding carboxylic acids is 1. The number of carbonyl (C=O) groups is 1. The number of aryl methyl sites for hydroxylation is 1. The molecule has 0 saturated heterocycles. The Balaban J connectivity index is 2.01. The Bertz CT molecular complexity index is 1330. The molecule has 0 aliphatic carbocycles. The molecular formula is C22H16Cl3F3N2O3S. The van der Waals surface area contributed by atoms with Crippen LogP contribution in [0.2, 0.25) is 15.1 Å². The maximum Gasteiger partial charge on any atom is 0.416 e. The fourth-order valence-corrected chi connectivity index (χ4v) is 4.96. The van der Waals surface area contributed by atoms with Gasteiger partial charge in [0.15, 0.2) is 0 Å². The molecule has 0 heterocycles. The van der Waals surface area contributed by atoms with Crippen molar-refractivity contribution < 1.29 is 26.4 Å². The second kappa shape index (κ2) is 10.0. The number of anilines is 2. The number of alkyl halides is 3. The van der Waals surface area contributed by atoms with E-state index >= 15 is 0 Å². The number of amides is 1. The number of halogens is 6. The van der Waals surface area contributed by atoms with Gasteiger partial charge in [0.05, 0.1) is 31.9 Å². The molecule has 0 spiro atoms. The zero-order valence-corrected chi connectivity index (χ0v) is 20.4. The second-order valence-corrected chi connectivity index (χ2v) is 10.3. The highest BCUT2D eigenvalue weighted by molar-refractivity contribution is 7.92. The van der Waals surface area contributed by atoms with E-state index in [-0.39, 0.29) is 31.3 Å². The molecule has 1 amide bonds. The van der Waals surface area contributed by atoms with Gasteiger partial charge < -0.3 is 5.32 Å². The van der Waals surface area contributed by atoms with E-state index in [4.69, 9.17) is 34.8 Å². The Kier molecular flexibility index (Phi) is 7.72. The molecule has 3 aromatic rings. The molecule has 0 saturated carbocycles. The molecule has 0 radical (unpaired) electrons. The van der Waals surface area contributed by atoms with Crippen LogP contribution in [0.25, 0.3) is 0 Å². The van der Waals surface area contributed by atoms with E-state index in [9.17, 15) is 26.4 Å². The van der Waals surface area contributed by atoms with Crippen molar-refractivity contribution in [1.82, 2.24) is 0 Å². The lowest BCUT2D eigenvalue weighted by Crippen LogP contribution is -2.38. The van der Waals surface area contributed by atoms with Gasteiger partial charge in [0.25, 0.3) is 10.0 Å². The van der Waals surface area contributed by atoms with Crippen LogP contribution in [-0.2, 0) is 21.0 Å². The quantitative estimate of drug-likeness (QED) is 0.366. The zero-order chi connectivity index (χ0) is 25.3. The number of hydrogen-bond acceptors (Lipinski definition) is 3. The molecule has 0 bridgehead atoms. The van der Waals surface area contributed by atoms with E-state index in [0.717, 1.165) is 22.0 Å². The summed E-state index contributed by atoms with van der Waals surface area (Å²) in [7, 11) is -4.32. The van der Waals surface area contributed by atoms with Gasteiger partial charge in [-0.15, -0.1) is 0 Å². The van der Waals surface area contributed by atoms with Gasteiger partial charge in [0, 0.05) is 5.02 Å². The summed E-state index contributed by atoms with van der Waals surface area (Å²) in [5, 5.41) is 2.23. The van der Waals surface area contributed by atoms with Crippen LogP contribution < -0.4 is 9.62 Å². The molecule has 180 valence electrons. The van der Waals surface area contributed by atoms with E-state index < -0.39 is 34.2 Å². The molecule has 34 heavy (non-hydrogen) atoms. The fraction of sp³-hybridized carbons (Fsp3) is 0.136. The normalized spacial score (nSPS) is 11.9. The third kappa shape index (κ3) is 5.96. The highest BCUT2D eigenvalue weighted by atomic mass is 35.5. The number of sulfonamides is 1.